The standard InChI is InChI=1S/C30H40N2O4/c1-3-4-5-6-22-9-14-28(15-10-22)36-30(34)24-12-7-23(8-13-24)11-16-29(33)35-20-21(2)25-17-26(31)19-27(32)18-25/h7-8,11-13,16-19,21-22,28H,3-6,9-10,14-15,20,31-32H2,1-2H3. The molecule has 0 radical (unpaired) electrons. The number of rotatable bonds is 11. The van der Waals surface area contributed by atoms with Gasteiger partial charge in [-0.3, -0.25) is 0 Å². The van der Waals surface area contributed by atoms with Gasteiger partial charge in [-0.25, -0.2) is 9.59 Å². The molecule has 1 atom stereocenters. The molecule has 0 aromatic heterocycles. The van der Waals surface area contributed by atoms with E-state index in [-0.39, 0.29) is 24.6 Å². The van der Waals surface area contributed by atoms with Crippen LogP contribution in [0.4, 0.5) is 11.4 Å². The molecule has 1 fully saturated rings. The highest BCUT2D eigenvalue weighted by Crippen LogP contribution is 2.30. The monoisotopic (exact) mass is 492 g/mol. The van der Waals surface area contributed by atoms with Crippen LogP contribution in [-0.4, -0.2) is 24.6 Å². The molecule has 0 heterocycles. The number of hydrogen-bond donors (Lipinski definition) is 2. The second-order valence-corrected chi connectivity index (χ2v) is 9.96. The van der Waals surface area contributed by atoms with E-state index in [4.69, 9.17) is 20.9 Å². The average molecular weight is 493 g/mol. The van der Waals surface area contributed by atoms with Gasteiger partial charge in [0.25, 0.3) is 0 Å². The molecule has 0 spiro atoms. The zero-order valence-electron chi connectivity index (χ0n) is 21.6. The Hall–Kier alpha value is -3.28. The van der Waals surface area contributed by atoms with E-state index < -0.39 is 5.97 Å². The van der Waals surface area contributed by atoms with E-state index in [1.807, 2.05) is 19.1 Å². The van der Waals surface area contributed by atoms with E-state index in [0.29, 0.717) is 16.9 Å². The molecule has 6 heteroatoms. The minimum atomic E-state index is -0.437. The Morgan fingerprint density at radius 3 is 2.31 bits per heavy atom. The molecule has 0 amide bonds. The molecule has 6 nitrogen and oxygen atoms in total. The van der Waals surface area contributed by atoms with Gasteiger partial charge in [-0.15, -0.1) is 0 Å². The van der Waals surface area contributed by atoms with Crippen molar-refractivity contribution in [2.75, 3.05) is 18.1 Å². The summed E-state index contributed by atoms with van der Waals surface area (Å²) < 4.78 is 11.1. The maximum absolute atomic E-state index is 12.6. The first-order valence-electron chi connectivity index (χ1n) is 13.2. The van der Waals surface area contributed by atoms with Crippen molar-refractivity contribution >= 4 is 29.4 Å². The number of carbonyl (C=O) groups excluding carboxylic acids is 2. The van der Waals surface area contributed by atoms with Gasteiger partial charge in [0.1, 0.15) is 6.10 Å². The zero-order chi connectivity index (χ0) is 25.9. The number of nitrogens with two attached hydrogens (primary N) is 2. The summed E-state index contributed by atoms with van der Waals surface area (Å²) in [4.78, 5) is 24.7. The van der Waals surface area contributed by atoms with Gasteiger partial charge in [0, 0.05) is 23.4 Å². The van der Waals surface area contributed by atoms with Gasteiger partial charge in [-0.2, -0.15) is 0 Å². The summed E-state index contributed by atoms with van der Waals surface area (Å²) in [7, 11) is 0. The predicted molar refractivity (Wildman–Crippen MR) is 145 cm³/mol. The lowest BCUT2D eigenvalue weighted by Crippen LogP contribution is -2.24. The van der Waals surface area contributed by atoms with E-state index in [1.54, 1.807) is 36.4 Å². The number of unbranched alkanes of at least 4 members (excludes halogenated alkanes) is 2. The largest absolute Gasteiger partial charge is 0.462 e. The van der Waals surface area contributed by atoms with Crippen LogP contribution in [0.5, 0.6) is 0 Å². The van der Waals surface area contributed by atoms with Gasteiger partial charge in [-0.05, 0) is 79.1 Å². The van der Waals surface area contributed by atoms with E-state index >= 15 is 0 Å². The first-order chi connectivity index (χ1) is 17.3. The highest BCUT2D eigenvalue weighted by Gasteiger charge is 2.24. The normalized spacial score (nSPS) is 18.6. The maximum Gasteiger partial charge on any atom is 0.338 e. The summed E-state index contributed by atoms with van der Waals surface area (Å²) >= 11 is 0. The number of carbonyl (C=O) groups is 2. The average Bonchev–Trinajstić information content (AvgIpc) is 2.87. The lowest BCUT2D eigenvalue weighted by molar-refractivity contribution is -0.138. The lowest BCUT2D eigenvalue weighted by atomic mass is 9.84. The Bertz CT molecular complexity index is 1000. The Morgan fingerprint density at radius 1 is 1.00 bits per heavy atom. The molecule has 1 unspecified atom stereocenters. The molecule has 2 aromatic carbocycles. The van der Waals surface area contributed by atoms with Crippen molar-refractivity contribution in [2.24, 2.45) is 5.92 Å². The highest BCUT2D eigenvalue weighted by atomic mass is 16.5. The second-order valence-electron chi connectivity index (χ2n) is 9.96. The summed E-state index contributed by atoms with van der Waals surface area (Å²) in [5, 5.41) is 0. The van der Waals surface area contributed by atoms with Crippen LogP contribution in [0.25, 0.3) is 6.08 Å². The number of anilines is 2. The van der Waals surface area contributed by atoms with Gasteiger partial charge >= 0.3 is 11.9 Å². The first kappa shape index (κ1) is 27.3. The summed E-state index contributed by atoms with van der Waals surface area (Å²) in [6.07, 6.45) is 12.4. The van der Waals surface area contributed by atoms with Crippen molar-refractivity contribution in [1.82, 2.24) is 0 Å². The van der Waals surface area contributed by atoms with Crippen molar-refractivity contribution in [3.05, 3.63) is 65.2 Å². The van der Waals surface area contributed by atoms with E-state index in [2.05, 4.69) is 6.92 Å². The number of ether oxygens (including phenoxy) is 2. The number of nitrogen functional groups attached to an aromatic ring is 2. The van der Waals surface area contributed by atoms with Crippen LogP contribution in [0, 0.1) is 5.92 Å². The fourth-order valence-corrected chi connectivity index (χ4v) is 4.67. The van der Waals surface area contributed by atoms with E-state index in [0.717, 1.165) is 42.7 Å². The van der Waals surface area contributed by atoms with Crippen molar-refractivity contribution in [1.29, 1.82) is 0 Å². The fourth-order valence-electron chi connectivity index (χ4n) is 4.67. The summed E-state index contributed by atoms with van der Waals surface area (Å²) in [5.41, 5.74) is 15.1. The van der Waals surface area contributed by atoms with Crippen LogP contribution in [0.3, 0.4) is 0 Å². The second kappa shape index (κ2) is 13.7. The molecule has 194 valence electrons. The minimum Gasteiger partial charge on any atom is -0.462 e. The Kier molecular flexibility index (Phi) is 10.4. The first-order valence-corrected chi connectivity index (χ1v) is 13.2. The molecule has 36 heavy (non-hydrogen) atoms. The Balaban J connectivity index is 1.41. The van der Waals surface area contributed by atoms with Crippen molar-refractivity contribution in [3.63, 3.8) is 0 Å². The van der Waals surface area contributed by atoms with Crippen LogP contribution >= 0.6 is 0 Å². The molecule has 0 saturated heterocycles. The number of esters is 2. The van der Waals surface area contributed by atoms with Crippen LogP contribution in [0.2, 0.25) is 0 Å². The van der Waals surface area contributed by atoms with Crippen molar-refractivity contribution in [2.45, 2.75) is 77.2 Å². The SMILES string of the molecule is CCCCCC1CCC(OC(=O)c2ccc(C=CC(=O)OCC(C)c3cc(N)cc(N)c3)cc2)CC1. The summed E-state index contributed by atoms with van der Waals surface area (Å²) in [6.45, 7) is 4.40. The fraction of sp³-hybridized carbons (Fsp3) is 0.467. The van der Waals surface area contributed by atoms with Gasteiger partial charge in [-0.1, -0.05) is 51.7 Å². The topological polar surface area (TPSA) is 105 Å². The molecule has 1 aliphatic carbocycles. The maximum atomic E-state index is 12.6. The third-order valence-electron chi connectivity index (χ3n) is 6.89. The Morgan fingerprint density at radius 2 is 1.67 bits per heavy atom. The molecule has 4 N–H and O–H groups in total. The molecular weight excluding hydrogens is 452 g/mol. The minimum absolute atomic E-state index is 0.0143. The highest BCUT2D eigenvalue weighted by molar-refractivity contribution is 5.90. The van der Waals surface area contributed by atoms with Crippen molar-refractivity contribution in [3.8, 4) is 0 Å². The molecule has 0 aliphatic heterocycles. The zero-order valence-corrected chi connectivity index (χ0v) is 21.6. The van der Waals surface area contributed by atoms with Crippen LogP contribution in [0.15, 0.2) is 48.5 Å². The van der Waals surface area contributed by atoms with Gasteiger partial charge in [0.05, 0.1) is 12.2 Å². The number of benzene rings is 2. The quantitative estimate of drug-likeness (QED) is 0.160. The predicted octanol–water partition coefficient (Wildman–Crippen LogP) is 6.51. The summed E-state index contributed by atoms with van der Waals surface area (Å²) in [6, 6.07) is 12.4. The molecule has 0 bridgehead atoms. The third kappa shape index (κ3) is 8.74. The van der Waals surface area contributed by atoms with Gasteiger partial charge in [0.15, 0.2) is 0 Å². The van der Waals surface area contributed by atoms with Crippen LogP contribution in [-0.2, 0) is 14.3 Å². The Labute approximate surface area is 215 Å². The smallest absolute Gasteiger partial charge is 0.338 e. The lowest BCUT2D eigenvalue weighted by Gasteiger charge is -2.28. The van der Waals surface area contributed by atoms with Crippen molar-refractivity contribution < 1.29 is 19.1 Å². The third-order valence-corrected chi connectivity index (χ3v) is 6.89. The summed E-state index contributed by atoms with van der Waals surface area (Å²) in [5.74, 6) is 0.0287. The molecular formula is C30H40N2O4. The molecule has 1 saturated carbocycles. The number of hydrogen-bond acceptors (Lipinski definition) is 6. The molecule has 1 aliphatic rings. The van der Waals surface area contributed by atoms with Crippen LogP contribution < -0.4 is 11.5 Å². The van der Waals surface area contributed by atoms with Crippen LogP contribution in [0.1, 0.15) is 92.6 Å². The molecule has 3 rings (SSSR count). The van der Waals surface area contributed by atoms with Gasteiger partial charge < -0.3 is 20.9 Å². The molecule has 2 aromatic rings. The van der Waals surface area contributed by atoms with E-state index in [9.17, 15) is 9.59 Å². The van der Waals surface area contributed by atoms with E-state index in [1.165, 1.54) is 31.8 Å². The van der Waals surface area contributed by atoms with Gasteiger partial charge in [0.2, 0.25) is 0 Å².